The minimum absolute atomic E-state index is 0.242. The number of likely N-dealkylation sites (N-methyl/N-ethyl adjacent to an activating group) is 1. The van der Waals surface area contributed by atoms with Gasteiger partial charge in [0, 0.05) is 32.2 Å². The summed E-state index contributed by atoms with van der Waals surface area (Å²) in [6.07, 6.45) is -0.287. The molecule has 1 N–H and O–H groups in total. The molecular formula is C17H25ClN2O3. The second-order valence-corrected chi connectivity index (χ2v) is 6.98. The Balaban J connectivity index is 1.48. The zero-order valence-corrected chi connectivity index (χ0v) is 14.5. The number of aryl methyl sites for hydroxylation is 1. The van der Waals surface area contributed by atoms with E-state index in [-0.39, 0.29) is 12.7 Å². The Morgan fingerprint density at radius 2 is 2.26 bits per heavy atom. The van der Waals surface area contributed by atoms with Crippen LogP contribution in [0.4, 0.5) is 0 Å². The summed E-state index contributed by atoms with van der Waals surface area (Å²) in [5, 5.41) is 10.8. The van der Waals surface area contributed by atoms with Gasteiger partial charge in [0.2, 0.25) is 0 Å². The van der Waals surface area contributed by atoms with Crippen LogP contribution in [0.3, 0.4) is 0 Å². The van der Waals surface area contributed by atoms with Gasteiger partial charge in [-0.15, -0.1) is 0 Å². The number of rotatable bonds is 5. The maximum absolute atomic E-state index is 10.3. The minimum Gasteiger partial charge on any atom is -0.489 e. The van der Waals surface area contributed by atoms with Gasteiger partial charge in [-0.05, 0) is 31.7 Å². The molecule has 3 atom stereocenters. The molecular weight excluding hydrogens is 316 g/mol. The molecule has 2 heterocycles. The molecule has 0 unspecified atom stereocenters. The van der Waals surface area contributed by atoms with Gasteiger partial charge in [-0.3, -0.25) is 9.80 Å². The summed E-state index contributed by atoms with van der Waals surface area (Å²) in [5.74, 6) is 0.629. The number of fused-ring (bicyclic) bond motifs is 1. The van der Waals surface area contributed by atoms with Crippen molar-refractivity contribution in [1.29, 1.82) is 0 Å². The van der Waals surface area contributed by atoms with E-state index >= 15 is 0 Å². The summed E-state index contributed by atoms with van der Waals surface area (Å²) >= 11 is 6.11. The van der Waals surface area contributed by atoms with E-state index in [4.69, 9.17) is 21.1 Å². The number of aliphatic hydroxyl groups is 1. The Morgan fingerprint density at radius 3 is 3.04 bits per heavy atom. The monoisotopic (exact) mass is 340 g/mol. The van der Waals surface area contributed by atoms with Crippen LogP contribution in [0.2, 0.25) is 5.02 Å². The molecule has 3 rings (SSSR count). The Kier molecular flexibility index (Phi) is 5.44. The van der Waals surface area contributed by atoms with Crippen molar-refractivity contribution in [3.8, 4) is 5.75 Å². The van der Waals surface area contributed by atoms with Gasteiger partial charge in [0.05, 0.1) is 17.7 Å². The van der Waals surface area contributed by atoms with E-state index in [2.05, 4.69) is 16.8 Å². The van der Waals surface area contributed by atoms with Crippen molar-refractivity contribution in [3.63, 3.8) is 0 Å². The highest BCUT2D eigenvalue weighted by Gasteiger charge is 2.38. The zero-order chi connectivity index (χ0) is 16.4. The smallest absolute Gasteiger partial charge is 0.138 e. The molecule has 23 heavy (non-hydrogen) atoms. The van der Waals surface area contributed by atoms with Gasteiger partial charge < -0.3 is 14.6 Å². The second kappa shape index (κ2) is 7.36. The summed E-state index contributed by atoms with van der Waals surface area (Å²) in [7, 11) is 2.14. The Morgan fingerprint density at radius 1 is 1.43 bits per heavy atom. The number of hydrogen-bond donors (Lipinski definition) is 1. The van der Waals surface area contributed by atoms with Crippen LogP contribution in [0.5, 0.6) is 5.75 Å². The largest absolute Gasteiger partial charge is 0.489 e. The van der Waals surface area contributed by atoms with Crippen molar-refractivity contribution in [2.75, 3.05) is 46.4 Å². The lowest BCUT2D eigenvalue weighted by atomic mass is 10.1. The van der Waals surface area contributed by atoms with Crippen molar-refractivity contribution < 1.29 is 14.6 Å². The van der Waals surface area contributed by atoms with Gasteiger partial charge in [-0.25, -0.2) is 0 Å². The first-order valence-corrected chi connectivity index (χ1v) is 8.52. The number of nitrogens with zero attached hydrogens (tertiary/aromatic N) is 2. The minimum atomic E-state index is -0.544. The van der Waals surface area contributed by atoms with Gasteiger partial charge in [0.25, 0.3) is 0 Å². The normalized spacial score (nSPS) is 27.0. The molecule has 1 aromatic carbocycles. The van der Waals surface area contributed by atoms with Crippen LogP contribution in [0, 0.1) is 6.92 Å². The highest BCUT2D eigenvalue weighted by atomic mass is 35.5. The fourth-order valence-electron chi connectivity index (χ4n) is 3.34. The first-order valence-electron chi connectivity index (χ1n) is 8.14. The fourth-order valence-corrected chi connectivity index (χ4v) is 3.51. The van der Waals surface area contributed by atoms with Gasteiger partial charge >= 0.3 is 0 Å². The first-order chi connectivity index (χ1) is 11.0. The zero-order valence-electron chi connectivity index (χ0n) is 13.7. The van der Waals surface area contributed by atoms with Crippen molar-refractivity contribution in [2.45, 2.75) is 25.2 Å². The summed E-state index contributed by atoms with van der Waals surface area (Å²) in [6, 6.07) is 6.08. The fraction of sp³-hybridized carbons (Fsp3) is 0.647. The third kappa shape index (κ3) is 4.17. The van der Waals surface area contributed by atoms with Crippen LogP contribution in [0.25, 0.3) is 0 Å². The van der Waals surface area contributed by atoms with Crippen molar-refractivity contribution in [1.82, 2.24) is 9.80 Å². The molecule has 0 bridgehead atoms. The molecule has 2 aliphatic rings. The SMILES string of the molecule is Cc1ccc(Cl)c(OC[C@H](O)CN2C[C@H]3OCCN(C)[C@H]3C2)c1. The van der Waals surface area contributed by atoms with Crippen LogP contribution in [-0.2, 0) is 4.74 Å². The van der Waals surface area contributed by atoms with E-state index in [9.17, 15) is 5.11 Å². The summed E-state index contributed by atoms with van der Waals surface area (Å²) in [5.41, 5.74) is 1.09. The quantitative estimate of drug-likeness (QED) is 0.878. The number of aliphatic hydroxyl groups excluding tert-OH is 1. The van der Waals surface area contributed by atoms with Crippen molar-refractivity contribution in [3.05, 3.63) is 28.8 Å². The molecule has 0 saturated carbocycles. The lowest BCUT2D eigenvalue weighted by Gasteiger charge is -2.33. The lowest BCUT2D eigenvalue weighted by Crippen LogP contribution is -2.48. The van der Waals surface area contributed by atoms with E-state index in [0.717, 1.165) is 31.8 Å². The summed E-state index contributed by atoms with van der Waals surface area (Å²) in [6.45, 7) is 6.40. The van der Waals surface area contributed by atoms with Gasteiger partial charge in [-0.1, -0.05) is 17.7 Å². The number of β-amino-alcohol motifs (C(OH)–C–C–N with tert-alkyl or cyclic N) is 1. The highest BCUT2D eigenvalue weighted by Crippen LogP contribution is 2.26. The number of likely N-dealkylation sites (tertiary alicyclic amines) is 1. The maximum Gasteiger partial charge on any atom is 0.138 e. The Labute approximate surface area is 142 Å². The predicted octanol–water partition coefficient (Wildman–Crippen LogP) is 1.40. The van der Waals surface area contributed by atoms with Crippen LogP contribution >= 0.6 is 11.6 Å². The van der Waals surface area contributed by atoms with Crippen LogP contribution in [0.15, 0.2) is 18.2 Å². The second-order valence-electron chi connectivity index (χ2n) is 6.57. The van der Waals surface area contributed by atoms with E-state index in [1.54, 1.807) is 0 Å². The summed E-state index contributed by atoms with van der Waals surface area (Å²) in [4.78, 5) is 4.60. The van der Waals surface area contributed by atoms with E-state index in [1.165, 1.54) is 0 Å². The van der Waals surface area contributed by atoms with Crippen LogP contribution in [0.1, 0.15) is 5.56 Å². The molecule has 0 aromatic heterocycles. The number of morpholine rings is 1. The average molecular weight is 341 g/mol. The number of ether oxygens (including phenoxy) is 2. The van der Waals surface area contributed by atoms with Gasteiger partial charge in [0.15, 0.2) is 0 Å². The predicted molar refractivity (Wildman–Crippen MR) is 90.3 cm³/mol. The average Bonchev–Trinajstić information content (AvgIpc) is 2.92. The topological polar surface area (TPSA) is 45.2 Å². The molecule has 128 valence electrons. The Bertz CT molecular complexity index is 543. The molecule has 1 aromatic rings. The van der Waals surface area contributed by atoms with Crippen molar-refractivity contribution >= 4 is 11.6 Å². The third-order valence-corrected chi connectivity index (χ3v) is 4.95. The maximum atomic E-state index is 10.3. The van der Waals surface area contributed by atoms with E-state index in [1.807, 2.05) is 25.1 Å². The Hall–Kier alpha value is -0.850. The molecule has 0 spiro atoms. The molecule has 0 amide bonds. The standard InChI is InChI=1S/C17H25ClN2O3/c1-12-3-4-14(18)16(7-12)23-11-13(21)8-20-9-15-17(10-20)22-6-5-19(15)2/h3-4,7,13,15,17,21H,5-6,8-11H2,1-2H3/t13-,15+,17-/m1/s1. The molecule has 2 aliphatic heterocycles. The molecule has 2 saturated heterocycles. The van der Waals surface area contributed by atoms with Crippen LogP contribution in [-0.4, -0.2) is 79.6 Å². The number of halogens is 1. The first kappa shape index (κ1) is 17.0. The lowest BCUT2D eigenvalue weighted by molar-refractivity contribution is -0.0372. The molecule has 0 aliphatic carbocycles. The van der Waals surface area contributed by atoms with Gasteiger partial charge in [-0.2, -0.15) is 0 Å². The highest BCUT2D eigenvalue weighted by molar-refractivity contribution is 6.32. The molecule has 2 fully saturated rings. The van der Waals surface area contributed by atoms with E-state index in [0.29, 0.717) is 23.4 Å². The molecule has 5 nitrogen and oxygen atoms in total. The van der Waals surface area contributed by atoms with Gasteiger partial charge in [0.1, 0.15) is 18.5 Å². The van der Waals surface area contributed by atoms with Crippen molar-refractivity contribution in [2.24, 2.45) is 0 Å². The van der Waals surface area contributed by atoms with Crippen LogP contribution < -0.4 is 4.74 Å². The summed E-state index contributed by atoms with van der Waals surface area (Å²) < 4.78 is 11.5. The number of benzene rings is 1. The molecule has 0 radical (unpaired) electrons. The number of hydrogen-bond acceptors (Lipinski definition) is 5. The van der Waals surface area contributed by atoms with E-state index < -0.39 is 6.10 Å². The molecule has 6 heteroatoms. The third-order valence-electron chi connectivity index (χ3n) is 4.64.